The quantitative estimate of drug-likeness (QED) is 0.152. The van der Waals surface area contributed by atoms with E-state index in [1.807, 2.05) is 0 Å². The van der Waals surface area contributed by atoms with E-state index < -0.39 is 0 Å². The van der Waals surface area contributed by atoms with Crippen LogP contribution in [0.3, 0.4) is 0 Å². The topological polar surface area (TPSA) is 25.2 Å². The van der Waals surface area contributed by atoms with Crippen LogP contribution in [0.15, 0.2) is 291 Å². The molecule has 0 aliphatic rings. The van der Waals surface area contributed by atoms with Crippen LogP contribution in [-0.2, 0) is 0 Å². The van der Waals surface area contributed by atoms with E-state index in [9.17, 15) is 0 Å². The Balaban J connectivity index is 0.766. The van der Waals surface area contributed by atoms with Gasteiger partial charge in [-0.25, -0.2) is 0 Å². The number of hydrogen-bond donors (Lipinski definition) is 0. The van der Waals surface area contributed by atoms with Gasteiger partial charge in [0.25, 0.3) is 0 Å². The van der Waals surface area contributed by atoms with E-state index in [1.165, 1.54) is 120 Å². The van der Waals surface area contributed by atoms with Gasteiger partial charge in [-0.2, -0.15) is 0 Å². The van der Waals surface area contributed by atoms with Crippen LogP contribution in [0.4, 0.5) is 34.1 Å². The van der Waals surface area contributed by atoms with Crippen LogP contribution < -0.4 is 9.80 Å². The molecule has 0 atom stereocenters. The summed E-state index contributed by atoms with van der Waals surface area (Å²) in [4.78, 5) is 4.83. The lowest BCUT2D eigenvalue weighted by Gasteiger charge is -2.26. The number of anilines is 6. The molecule has 19 aromatic rings. The first-order chi connectivity index (χ1) is 41.7. The van der Waals surface area contributed by atoms with Gasteiger partial charge in [0.15, 0.2) is 0 Å². The van der Waals surface area contributed by atoms with Gasteiger partial charge >= 0.3 is 0 Å². The second-order valence-corrected chi connectivity index (χ2v) is 22.5. The van der Waals surface area contributed by atoms with Crippen LogP contribution in [0, 0.1) is 0 Å². The highest BCUT2D eigenvalue weighted by Crippen LogP contribution is 2.49. The zero-order chi connectivity index (χ0) is 54.7. The summed E-state index contributed by atoms with van der Waals surface area (Å²) >= 11 is 0. The highest BCUT2D eigenvalue weighted by atomic mass is 15.2. The van der Waals surface area contributed by atoms with Gasteiger partial charge in [0.05, 0.1) is 55.2 Å². The van der Waals surface area contributed by atoms with E-state index in [-0.39, 0.29) is 0 Å². The molecule has 0 aliphatic heterocycles. The largest absolute Gasteiger partial charge is 0.310 e. The lowest BCUT2D eigenvalue weighted by Crippen LogP contribution is -2.09. The van der Waals surface area contributed by atoms with Crippen molar-refractivity contribution in [2.45, 2.75) is 0 Å². The molecule has 0 aliphatic carbocycles. The molecule has 0 N–H and O–H groups in total. The van der Waals surface area contributed by atoms with Crippen LogP contribution >= 0.6 is 0 Å². The summed E-state index contributed by atoms with van der Waals surface area (Å²) < 4.78 is 9.83. The minimum absolute atomic E-state index is 1.11. The summed E-state index contributed by atoms with van der Waals surface area (Å²) in [5.74, 6) is 0. The molecule has 390 valence electrons. The van der Waals surface area contributed by atoms with Gasteiger partial charge in [-0.3, -0.25) is 0 Å². The second kappa shape index (κ2) is 17.1. The first kappa shape index (κ1) is 45.4. The molecule has 0 fully saturated rings. The molecular weight excluding hydrogens is 1020 g/mol. The molecule has 0 spiro atoms. The Morgan fingerprint density at radius 2 is 0.464 bits per heavy atom. The predicted octanol–water partition coefficient (Wildman–Crippen LogP) is 21.1. The van der Waals surface area contributed by atoms with E-state index in [0.717, 1.165) is 45.5 Å². The Bertz CT molecular complexity index is 5490. The maximum Gasteiger partial charge on any atom is 0.0620 e. The summed E-state index contributed by atoms with van der Waals surface area (Å²) in [6.45, 7) is 0. The molecule has 0 saturated carbocycles. The van der Waals surface area contributed by atoms with E-state index in [2.05, 4.69) is 319 Å². The first-order valence-electron chi connectivity index (χ1n) is 28.9. The summed E-state index contributed by atoms with van der Waals surface area (Å²) in [6, 6.07) is 107. The number of hydrogen-bond acceptors (Lipinski definition) is 2. The van der Waals surface area contributed by atoms with Crippen LogP contribution in [-0.4, -0.2) is 17.9 Å². The lowest BCUT2D eigenvalue weighted by molar-refractivity contribution is 1.18. The third-order valence-electron chi connectivity index (χ3n) is 18.1. The monoisotopic (exact) mass is 1070 g/mol. The third kappa shape index (κ3) is 6.23. The molecule has 13 aromatic carbocycles. The molecule has 6 nitrogen and oxygen atoms in total. The van der Waals surface area contributed by atoms with Crippen molar-refractivity contribution in [1.29, 1.82) is 0 Å². The molecule has 0 saturated heterocycles. The van der Waals surface area contributed by atoms with Crippen molar-refractivity contribution >= 4 is 154 Å². The minimum Gasteiger partial charge on any atom is -0.310 e. The second-order valence-electron chi connectivity index (χ2n) is 22.5. The standard InChI is InChI=1S/C78H48N6/c1-5-19-49(20-6-1)79(53-35-39-71-63(43-53)57-27-13-15-33-69(57)81(71)51-23-9-3-10-24-51)55-37-41-73-65(45-55)59-29-17-31-61-67-48-76-68(47-75(67)83(73)77(59)61)62-32-18-30-60-66-46-56(38-42-74(66)84(76)78(60)62)80(50-21-7-2-8-22-50)54-36-40-72-64(44-54)58-28-14-16-34-70(58)82(72)52-25-11-4-12-26-52/h1-48H. The van der Waals surface area contributed by atoms with Crippen LogP contribution in [0.25, 0.3) is 131 Å². The Morgan fingerprint density at radius 1 is 0.179 bits per heavy atom. The molecule has 6 heteroatoms. The smallest absolute Gasteiger partial charge is 0.0620 e. The van der Waals surface area contributed by atoms with Gasteiger partial charge in [-0.15, -0.1) is 0 Å². The van der Waals surface area contributed by atoms with Gasteiger partial charge in [-0.05, 0) is 146 Å². The average Bonchev–Trinajstić information content (AvgIpc) is 1.90. The zero-order valence-electron chi connectivity index (χ0n) is 45.4. The number of para-hydroxylation sites is 8. The normalized spacial score (nSPS) is 12.3. The highest BCUT2D eigenvalue weighted by Gasteiger charge is 2.26. The van der Waals surface area contributed by atoms with E-state index >= 15 is 0 Å². The summed E-state index contributed by atoms with van der Waals surface area (Å²) in [7, 11) is 0. The van der Waals surface area contributed by atoms with Gasteiger partial charge in [-0.1, -0.05) is 146 Å². The molecule has 19 rings (SSSR count). The van der Waals surface area contributed by atoms with Crippen molar-refractivity contribution in [2.75, 3.05) is 9.80 Å². The van der Waals surface area contributed by atoms with Crippen molar-refractivity contribution < 1.29 is 0 Å². The number of aromatic nitrogens is 4. The average molecular weight is 1070 g/mol. The van der Waals surface area contributed by atoms with Crippen LogP contribution in [0.2, 0.25) is 0 Å². The first-order valence-corrected chi connectivity index (χ1v) is 28.9. The summed E-state index contributed by atoms with van der Waals surface area (Å²) in [5.41, 5.74) is 21.1. The van der Waals surface area contributed by atoms with E-state index in [4.69, 9.17) is 0 Å². The molecule has 6 heterocycles. The van der Waals surface area contributed by atoms with Crippen LogP contribution in [0.1, 0.15) is 0 Å². The molecule has 84 heavy (non-hydrogen) atoms. The predicted molar refractivity (Wildman–Crippen MR) is 354 cm³/mol. The minimum atomic E-state index is 1.11. The SMILES string of the molecule is c1ccc(N(c2ccc3c(c2)c2ccccc2n3-c2ccccc2)c2ccc3c(c2)c2cccc4c5cc6c(cc5n3c24)c2cccc3c4cc(N(c5ccccc5)c5ccc7c(c5)c5ccccc5n7-c5ccccc5)ccc4n6c32)cc1. The highest BCUT2D eigenvalue weighted by molar-refractivity contribution is 6.29. The van der Waals surface area contributed by atoms with Crippen molar-refractivity contribution in [3.63, 3.8) is 0 Å². The molecule has 0 radical (unpaired) electrons. The number of fused-ring (bicyclic) bond motifs is 18. The van der Waals surface area contributed by atoms with Crippen molar-refractivity contribution in [3.8, 4) is 11.4 Å². The molecule has 6 aromatic heterocycles. The Hall–Kier alpha value is -11.3. The Labute approximate surface area is 481 Å². The van der Waals surface area contributed by atoms with Gasteiger partial charge in [0, 0.05) is 110 Å². The number of rotatable bonds is 8. The zero-order valence-corrected chi connectivity index (χ0v) is 45.4. The van der Waals surface area contributed by atoms with Crippen molar-refractivity contribution in [3.05, 3.63) is 291 Å². The van der Waals surface area contributed by atoms with Crippen molar-refractivity contribution in [1.82, 2.24) is 17.9 Å². The van der Waals surface area contributed by atoms with E-state index in [1.54, 1.807) is 0 Å². The fourth-order valence-corrected chi connectivity index (χ4v) is 14.7. The van der Waals surface area contributed by atoms with Gasteiger partial charge in [0.1, 0.15) is 0 Å². The Morgan fingerprint density at radius 3 is 0.845 bits per heavy atom. The fourth-order valence-electron chi connectivity index (χ4n) is 14.7. The molecule has 0 amide bonds. The summed E-state index contributed by atoms with van der Waals surface area (Å²) in [6.07, 6.45) is 0. The molecule has 0 bridgehead atoms. The van der Waals surface area contributed by atoms with Crippen molar-refractivity contribution in [2.24, 2.45) is 0 Å². The summed E-state index contributed by atoms with van der Waals surface area (Å²) in [5, 5.41) is 14.9. The maximum absolute atomic E-state index is 2.53. The molecule has 0 unspecified atom stereocenters. The Kier molecular flexibility index (Phi) is 9.24. The maximum atomic E-state index is 2.53. The lowest BCUT2D eigenvalue weighted by atomic mass is 10.0. The van der Waals surface area contributed by atoms with Gasteiger partial charge in [0.2, 0.25) is 0 Å². The van der Waals surface area contributed by atoms with E-state index in [0.29, 0.717) is 0 Å². The third-order valence-corrected chi connectivity index (χ3v) is 18.1. The number of benzene rings is 13. The number of nitrogens with zero attached hydrogens (tertiary/aromatic N) is 6. The van der Waals surface area contributed by atoms with Gasteiger partial charge < -0.3 is 27.7 Å². The fraction of sp³-hybridized carbons (Fsp3) is 0. The molecular formula is C78H48N6. The van der Waals surface area contributed by atoms with Crippen LogP contribution in [0.5, 0.6) is 0 Å².